The molecule has 2 N–H and O–H groups in total. The predicted molar refractivity (Wildman–Crippen MR) is 147 cm³/mol. The van der Waals surface area contributed by atoms with Crippen LogP contribution >= 0.6 is 0 Å². The second-order valence-corrected chi connectivity index (χ2v) is 10.8. The largest absolute Gasteiger partial charge is 0.395 e. The molecule has 0 spiro atoms. The van der Waals surface area contributed by atoms with E-state index in [2.05, 4.69) is 4.90 Å². The summed E-state index contributed by atoms with van der Waals surface area (Å²) in [4.78, 5) is 29.2. The lowest BCUT2D eigenvalue weighted by Crippen LogP contribution is -2.42. The van der Waals surface area contributed by atoms with E-state index in [1.165, 1.54) is 4.90 Å². The van der Waals surface area contributed by atoms with Crippen LogP contribution in [0, 0.1) is 0 Å². The van der Waals surface area contributed by atoms with E-state index in [1.54, 1.807) is 24.3 Å². The minimum Gasteiger partial charge on any atom is -0.395 e. The number of carbonyl (C=O) groups excluding carboxylic acids is 2. The van der Waals surface area contributed by atoms with Crippen LogP contribution in [0.5, 0.6) is 0 Å². The molecule has 3 aromatic rings. The van der Waals surface area contributed by atoms with Crippen LogP contribution in [0.4, 0.5) is 0 Å². The van der Waals surface area contributed by atoms with Crippen molar-refractivity contribution in [3.8, 4) is 0 Å². The first kappa shape index (κ1) is 26.8. The van der Waals surface area contributed by atoms with Gasteiger partial charge in [0.15, 0.2) is 6.29 Å². The van der Waals surface area contributed by atoms with Gasteiger partial charge in [-0.2, -0.15) is 0 Å². The van der Waals surface area contributed by atoms with E-state index in [0.717, 1.165) is 41.6 Å². The van der Waals surface area contributed by atoms with E-state index in [9.17, 15) is 19.8 Å². The lowest BCUT2D eigenvalue weighted by Gasteiger charge is -2.38. The molecular weight excluding hydrogens is 508 g/mol. The molecule has 3 heterocycles. The highest BCUT2D eigenvalue weighted by molar-refractivity contribution is 6.21. The first-order valence-corrected chi connectivity index (χ1v) is 13.9. The first-order chi connectivity index (χ1) is 19.5. The molecule has 2 amide bonds. The van der Waals surface area contributed by atoms with Crippen molar-refractivity contribution in [1.82, 2.24) is 9.80 Å². The SMILES string of the molecule is O=C1c2ccccc2C(=O)N1Cc1ccc([C@H]2O[C@@H](CN3CCC[C@H]3CO)C[C@@H](c3ccc(CO)cc3)O2)cc1. The van der Waals surface area contributed by atoms with Gasteiger partial charge in [0.05, 0.1) is 43.1 Å². The van der Waals surface area contributed by atoms with Crippen LogP contribution in [0.2, 0.25) is 0 Å². The minimum atomic E-state index is -0.593. The Morgan fingerprint density at radius 1 is 0.800 bits per heavy atom. The zero-order valence-corrected chi connectivity index (χ0v) is 22.3. The van der Waals surface area contributed by atoms with Gasteiger partial charge in [0.2, 0.25) is 0 Å². The number of fused-ring (bicyclic) bond motifs is 1. The van der Waals surface area contributed by atoms with Crippen LogP contribution in [0.25, 0.3) is 0 Å². The number of hydrogen-bond donors (Lipinski definition) is 2. The molecule has 2 saturated heterocycles. The number of ether oxygens (including phenoxy) is 2. The molecule has 40 heavy (non-hydrogen) atoms. The number of benzene rings is 3. The number of carbonyl (C=O) groups is 2. The Kier molecular flexibility index (Phi) is 7.78. The lowest BCUT2D eigenvalue weighted by molar-refractivity contribution is -0.253. The fraction of sp³-hybridized carbons (Fsp3) is 0.375. The zero-order valence-electron chi connectivity index (χ0n) is 22.3. The van der Waals surface area contributed by atoms with Crippen LogP contribution < -0.4 is 0 Å². The molecule has 0 radical (unpaired) electrons. The van der Waals surface area contributed by atoms with Crippen LogP contribution in [0.3, 0.4) is 0 Å². The Morgan fingerprint density at radius 3 is 2.10 bits per heavy atom. The normalized spacial score (nSPS) is 25.0. The number of nitrogens with zero attached hydrogens (tertiary/aromatic N) is 2. The number of amides is 2. The summed E-state index contributed by atoms with van der Waals surface area (Å²) in [6.07, 6.45) is 1.87. The van der Waals surface area contributed by atoms with Crippen molar-refractivity contribution in [2.75, 3.05) is 19.7 Å². The number of likely N-dealkylation sites (tertiary alicyclic amines) is 1. The van der Waals surface area contributed by atoms with Gasteiger partial charge in [-0.3, -0.25) is 19.4 Å². The molecule has 0 saturated carbocycles. The highest BCUT2D eigenvalue weighted by Gasteiger charge is 2.37. The molecule has 3 aliphatic heterocycles. The average molecular weight is 543 g/mol. The minimum absolute atomic E-state index is 0.00919. The van der Waals surface area contributed by atoms with E-state index in [4.69, 9.17) is 9.47 Å². The molecule has 0 unspecified atom stereocenters. The third-order valence-electron chi connectivity index (χ3n) is 8.23. The van der Waals surface area contributed by atoms with Gasteiger partial charge in [-0.15, -0.1) is 0 Å². The number of rotatable bonds is 8. The average Bonchev–Trinajstić information content (AvgIpc) is 3.55. The summed E-state index contributed by atoms with van der Waals surface area (Å²) < 4.78 is 12.9. The lowest BCUT2D eigenvalue weighted by atomic mass is 9.99. The number of hydrogen-bond acceptors (Lipinski definition) is 7. The topological polar surface area (TPSA) is 99.5 Å². The standard InChI is InChI=1S/C32H34N2O6/c35-19-22-9-11-23(12-10-22)29-16-26(18-33-15-3-4-25(33)20-36)39-32(40-29)24-13-7-21(8-14-24)17-34-30(37)27-5-1-2-6-28(27)31(34)38/h1-2,5-14,25-26,29,32,35-36H,3-4,15-20H2/t25-,26+,29-,32-/m0/s1. The van der Waals surface area contributed by atoms with Gasteiger partial charge in [0.25, 0.3) is 11.8 Å². The van der Waals surface area contributed by atoms with Crippen LogP contribution in [-0.2, 0) is 22.6 Å². The fourth-order valence-electron chi connectivity index (χ4n) is 5.98. The molecule has 8 heteroatoms. The molecule has 0 aromatic heterocycles. The quantitative estimate of drug-likeness (QED) is 0.416. The van der Waals surface area contributed by atoms with Crippen molar-refractivity contribution in [2.45, 2.75) is 57.0 Å². The zero-order chi connectivity index (χ0) is 27.6. The first-order valence-electron chi connectivity index (χ1n) is 13.9. The molecule has 3 aromatic carbocycles. The van der Waals surface area contributed by atoms with Gasteiger partial charge in [0, 0.05) is 24.6 Å². The summed E-state index contributed by atoms with van der Waals surface area (Å²) in [6.45, 7) is 1.99. The van der Waals surface area contributed by atoms with Crippen LogP contribution in [0.15, 0.2) is 72.8 Å². The van der Waals surface area contributed by atoms with Gasteiger partial charge >= 0.3 is 0 Å². The Bertz CT molecular complexity index is 1320. The monoisotopic (exact) mass is 542 g/mol. The van der Waals surface area contributed by atoms with Crippen LogP contribution in [0.1, 0.15) is 74.6 Å². The van der Waals surface area contributed by atoms with E-state index in [-0.39, 0.29) is 49.8 Å². The number of aliphatic hydroxyl groups excluding tert-OH is 2. The van der Waals surface area contributed by atoms with E-state index in [1.807, 2.05) is 48.5 Å². The third kappa shape index (κ3) is 5.33. The Labute approximate surface area is 233 Å². The summed E-state index contributed by atoms with van der Waals surface area (Å²) in [7, 11) is 0. The van der Waals surface area contributed by atoms with Crippen molar-refractivity contribution in [3.05, 3.63) is 106 Å². The van der Waals surface area contributed by atoms with Crippen LogP contribution in [-0.4, -0.2) is 63.7 Å². The molecule has 208 valence electrons. The molecule has 8 nitrogen and oxygen atoms in total. The number of imide groups is 1. The summed E-state index contributed by atoms with van der Waals surface area (Å²) in [5.74, 6) is -0.547. The molecular formula is C32H34N2O6. The molecule has 3 aliphatic rings. The predicted octanol–water partition coefficient (Wildman–Crippen LogP) is 3.98. The number of aliphatic hydroxyl groups is 2. The maximum Gasteiger partial charge on any atom is 0.261 e. The summed E-state index contributed by atoms with van der Waals surface area (Å²) in [5.41, 5.74) is 4.45. The van der Waals surface area contributed by atoms with Crippen molar-refractivity contribution in [1.29, 1.82) is 0 Å². The van der Waals surface area contributed by atoms with Gasteiger partial charge in [-0.25, -0.2) is 0 Å². The highest BCUT2D eigenvalue weighted by Crippen LogP contribution is 2.39. The van der Waals surface area contributed by atoms with Gasteiger partial charge in [0.1, 0.15) is 0 Å². The van der Waals surface area contributed by atoms with Crippen molar-refractivity contribution in [3.63, 3.8) is 0 Å². The summed E-state index contributed by atoms with van der Waals surface area (Å²) >= 11 is 0. The highest BCUT2D eigenvalue weighted by atomic mass is 16.7. The van der Waals surface area contributed by atoms with Gasteiger partial charge in [-0.1, -0.05) is 60.7 Å². The molecule has 4 atom stereocenters. The fourth-order valence-corrected chi connectivity index (χ4v) is 5.98. The Balaban J connectivity index is 1.19. The molecule has 2 fully saturated rings. The van der Waals surface area contributed by atoms with Crippen molar-refractivity contribution >= 4 is 11.8 Å². The smallest absolute Gasteiger partial charge is 0.261 e. The van der Waals surface area contributed by atoms with Gasteiger partial charge in [-0.05, 0) is 48.2 Å². The Hall–Kier alpha value is -3.40. The second-order valence-electron chi connectivity index (χ2n) is 10.8. The molecule has 6 rings (SSSR count). The van der Waals surface area contributed by atoms with E-state index < -0.39 is 6.29 Å². The molecule has 0 aliphatic carbocycles. The summed E-state index contributed by atoms with van der Waals surface area (Å²) in [6, 6.07) is 22.5. The van der Waals surface area contributed by atoms with Crippen molar-refractivity contribution < 1.29 is 29.3 Å². The maximum atomic E-state index is 12.8. The van der Waals surface area contributed by atoms with Gasteiger partial charge < -0.3 is 19.7 Å². The third-order valence-corrected chi connectivity index (χ3v) is 8.23. The van der Waals surface area contributed by atoms with Crippen molar-refractivity contribution in [2.24, 2.45) is 0 Å². The maximum absolute atomic E-state index is 12.8. The van der Waals surface area contributed by atoms with E-state index in [0.29, 0.717) is 24.1 Å². The Morgan fingerprint density at radius 2 is 1.45 bits per heavy atom. The summed E-state index contributed by atoms with van der Waals surface area (Å²) in [5, 5.41) is 19.3. The van der Waals surface area contributed by atoms with E-state index >= 15 is 0 Å². The molecule has 0 bridgehead atoms. The second kappa shape index (κ2) is 11.6.